The summed E-state index contributed by atoms with van der Waals surface area (Å²) in [6.45, 7) is 0.0768. The van der Waals surface area contributed by atoms with Crippen molar-refractivity contribution in [1.29, 1.82) is 0 Å². The van der Waals surface area contributed by atoms with Crippen molar-refractivity contribution >= 4 is 45.2 Å². The fraction of sp³-hybridized carbons (Fsp3) is 0.233. The van der Waals surface area contributed by atoms with Gasteiger partial charge in [-0.1, -0.05) is 70.2 Å². The lowest BCUT2D eigenvalue weighted by atomic mass is 9.98. The number of para-hydroxylation sites is 1. The van der Waals surface area contributed by atoms with Crippen LogP contribution in [0, 0.1) is 0 Å². The molecule has 1 aliphatic heterocycles. The molecule has 1 atom stereocenters. The van der Waals surface area contributed by atoms with Crippen molar-refractivity contribution in [2.75, 3.05) is 19.5 Å². The molecule has 0 saturated carbocycles. The van der Waals surface area contributed by atoms with E-state index in [1.807, 2.05) is 66.7 Å². The third-order valence-corrected chi connectivity index (χ3v) is 8.18. The molecular weight excluding hydrogens is 620 g/mol. The van der Waals surface area contributed by atoms with Gasteiger partial charge in [0.05, 0.1) is 31.2 Å². The first kappa shape index (κ1) is 29.3. The number of benzene rings is 3. The molecule has 0 radical (unpaired) electrons. The van der Waals surface area contributed by atoms with E-state index in [0.717, 1.165) is 27.1 Å². The Morgan fingerprint density at radius 3 is 2.45 bits per heavy atom. The molecule has 1 aromatic heterocycles. The molecule has 10 nitrogen and oxygen atoms in total. The minimum Gasteiger partial charge on any atom is -0.497 e. The van der Waals surface area contributed by atoms with Crippen LogP contribution in [0.4, 0.5) is 0 Å². The minimum absolute atomic E-state index is 0.105. The summed E-state index contributed by atoms with van der Waals surface area (Å²) in [6, 6.07) is 24.5. The molecule has 0 unspecified atom stereocenters. The highest BCUT2D eigenvalue weighted by molar-refractivity contribution is 9.10. The number of carbonyl (C=O) groups is 2. The molecule has 0 fully saturated rings. The number of halogens is 1. The second-order valence-corrected chi connectivity index (χ2v) is 11.3. The van der Waals surface area contributed by atoms with E-state index >= 15 is 0 Å². The molecule has 3 aromatic carbocycles. The largest absolute Gasteiger partial charge is 0.497 e. The van der Waals surface area contributed by atoms with Crippen molar-refractivity contribution in [3.05, 3.63) is 100 Å². The van der Waals surface area contributed by atoms with Crippen molar-refractivity contribution in [3.63, 3.8) is 0 Å². The number of carbonyl (C=O) groups excluding carboxylic acids is 2. The third kappa shape index (κ3) is 7.18. The van der Waals surface area contributed by atoms with Crippen molar-refractivity contribution < 1.29 is 19.1 Å². The summed E-state index contributed by atoms with van der Waals surface area (Å²) in [6.07, 6.45) is 0.589. The van der Waals surface area contributed by atoms with Gasteiger partial charge in [0.2, 0.25) is 0 Å². The van der Waals surface area contributed by atoms with E-state index < -0.39 is 0 Å². The molecule has 1 N–H and O–H groups in total. The van der Waals surface area contributed by atoms with Gasteiger partial charge in [-0.05, 0) is 47.5 Å². The topological polar surface area (TPSA) is 111 Å². The van der Waals surface area contributed by atoms with Crippen molar-refractivity contribution in [1.82, 2.24) is 25.1 Å². The van der Waals surface area contributed by atoms with E-state index in [0.29, 0.717) is 23.2 Å². The van der Waals surface area contributed by atoms with E-state index in [1.54, 1.807) is 35.9 Å². The Kier molecular flexibility index (Phi) is 9.55. The van der Waals surface area contributed by atoms with Crippen molar-refractivity contribution in [2.24, 2.45) is 12.1 Å². The Hall–Kier alpha value is -4.16. The zero-order chi connectivity index (χ0) is 29.5. The highest BCUT2D eigenvalue weighted by Crippen LogP contribution is 2.34. The highest BCUT2D eigenvalue weighted by Gasteiger charge is 2.33. The van der Waals surface area contributed by atoms with Gasteiger partial charge in [0, 0.05) is 17.9 Å². The summed E-state index contributed by atoms with van der Waals surface area (Å²) in [4.78, 5) is 25.7. The second kappa shape index (κ2) is 13.7. The Labute approximate surface area is 256 Å². The summed E-state index contributed by atoms with van der Waals surface area (Å²) in [7, 11) is 3.42. The van der Waals surface area contributed by atoms with Crippen molar-refractivity contribution in [2.45, 2.75) is 24.2 Å². The molecule has 4 aromatic rings. The molecule has 42 heavy (non-hydrogen) atoms. The molecule has 1 aliphatic rings. The SMILES string of the molecule is COc1ccc([C@@H]2CC(c3ccc(Br)cc3)=NN2C(=O)CSc2nnc(CNC(=O)COc3ccccc3)n2C)cc1. The maximum atomic E-state index is 13.5. The zero-order valence-corrected chi connectivity index (χ0v) is 25.5. The number of hydrazone groups is 1. The number of ether oxygens (including phenoxy) is 2. The van der Waals surface area contributed by atoms with Gasteiger partial charge in [-0.3, -0.25) is 9.59 Å². The van der Waals surface area contributed by atoms with E-state index in [2.05, 4.69) is 31.4 Å². The fourth-order valence-electron chi connectivity index (χ4n) is 4.35. The predicted molar refractivity (Wildman–Crippen MR) is 163 cm³/mol. The quantitative estimate of drug-likeness (QED) is 0.234. The van der Waals surface area contributed by atoms with Gasteiger partial charge in [0.25, 0.3) is 11.8 Å². The molecule has 5 rings (SSSR count). The molecule has 0 aliphatic carbocycles. The number of aromatic nitrogens is 3. The van der Waals surface area contributed by atoms with Crippen LogP contribution in [0.15, 0.2) is 93.6 Å². The van der Waals surface area contributed by atoms with Crippen LogP contribution in [0.1, 0.15) is 29.4 Å². The molecule has 0 spiro atoms. The lowest BCUT2D eigenvalue weighted by Crippen LogP contribution is -2.29. The Balaban J connectivity index is 1.22. The van der Waals surface area contributed by atoms with Crippen LogP contribution in [0.5, 0.6) is 11.5 Å². The number of hydrogen-bond donors (Lipinski definition) is 1. The third-order valence-electron chi connectivity index (χ3n) is 6.65. The molecule has 0 bridgehead atoms. The lowest BCUT2D eigenvalue weighted by Gasteiger charge is -2.22. The summed E-state index contributed by atoms with van der Waals surface area (Å²) in [5, 5.41) is 18.1. The van der Waals surface area contributed by atoms with Crippen LogP contribution < -0.4 is 14.8 Å². The van der Waals surface area contributed by atoms with Crippen LogP contribution in [-0.4, -0.2) is 56.8 Å². The summed E-state index contributed by atoms with van der Waals surface area (Å²) < 4.78 is 13.5. The van der Waals surface area contributed by atoms with Gasteiger partial charge >= 0.3 is 0 Å². The minimum atomic E-state index is -0.274. The number of thioether (sulfide) groups is 1. The van der Waals surface area contributed by atoms with Gasteiger partial charge in [-0.25, -0.2) is 5.01 Å². The normalized spacial score (nSPS) is 14.4. The second-order valence-electron chi connectivity index (χ2n) is 9.41. The van der Waals surface area contributed by atoms with Crippen LogP contribution in [-0.2, 0) is 23.2 Å². The number of nitrogens with one attached hydrogen (secondary N) is 1. The maximum absolute atomic E-state index is 13.5. The number of amides is 2. The summed E-state index contributed by atoms with van der Waals surface area (Å²) in [5.41, 5.74) is 2.78. The van der Waals surface area contributed by atoms with E-state index in [1.165, 1.54) is 11.8 Å². The Morgan fingerprint density at radius 2 is 1.74 bits per heavy atom. The van der Waals surface area contributed by atoms with Crippen LogP contribution in [0.2, 0.25) is 0 Å². The van der Waals surface area contributed by atoms with E-state index in [9.17, 15) is 9.59 Å². The maximum Gasteiger partial charge on any atom is 0.258 e. The average molecular weight is 650 g/mol. The lowest BCUT2D eigenvalue weighted by molar-refractivity contribution is -0.130. The molecule has 216 valence electrons. The molecular formula is C30H29BrN6O4S. The highest BCUT2D eigenvalue weighted by atomic mass is 79.9. The molecule has 2 heterocycles. The first-order valence-electron chi connectivity index (χ1n) is 13.2. The van der Waals surface area contributed by atoms with Gasteiger partial charge in [-0.15, -0.1) is 10.2 Å². The number of methoxy groups -OCH3 is 1. The first-order chi connectivity index (χ1) is 20.4. The van der Waals surface area contributed by atoms with Crippen LogP contribution in [0.3, 0.4) is 0 Å². The smallest absolute Gasteiger partial charge is 0.258 e. The number of rotatable bonds is 11. The Morgan fingerprint density at radius 1 is 1.00 bits per heavy atom. The first-order valence-corrected chi connectivity index (χ1v) is 14.9. The molecule has 2 amide bonds. The van der Waals surface area contributed by atoms with Crippen LogP contribution in [0.25, 0.3) is 0 Å². The fourth-order valence-corrected chi connectivity index (χ4v) is 5.40. The average Bonchev–Trinajstić information content (AvgIpc) is 3.62. The molecule has 0 saturated heterocycles. The van der Waals surface area contributed by atoms with Gasteiger partial charge < -0.3 is 19.4 Å². The zero-order valence-electron chi connectivity index (χ0n) is 23.1. The monoisotopic (exact) mass is 648 g/mol. The predicted octanol–water partition coefficient (Wildman–Crippen LogP) is 4.75. The molecule has 12 heteroatoms. The number of nitrogens with zero attached hydrogens (tertiary/aromatic N) is 5. The Bertz CT molecular complexity index is 1560. The number of hydrogen-bond acceptors (Lipinski definition) is 8. The van der Waals surface area contributed by atoms with Crippen LogP contribution >= 0.6 is 27.7 Å². The van der Waals surface area contributed by atoms with Gasteiger partial charge in [0.1, 0.15) is 11.5 Å². The summed E-state index contributed by atoms with van der Waals surface area (Å²) >= 11 is 4.75. The van der Waals surface area contributed by atoms with Gasteiger partial charge in [0.15, 0.2) is 17.6 Å². The van der Waals surface area contributed by atoms with Crippen molar-refractivity contribution in [3.8, 4) is 11.5 Å². The standard InChI is InChI=1S/C30H29BrN6O4S/c1-36-27(17-32-28(38)18-41-24-6-4-3-5-7-24)33-34-30(36)42-19-29(39)37-26(21-10-14-23(40-2)15-11-21)16-25(35-37)20-8-12-22(31)13-9-20/h3-15,26H,16-19H2,1-2H3,(H,32,38)/t26-/m0/s1. The van der Waals surface area contributed by atoms with Gasteiger partial charge in [-0.2, -0.15) is 5.10 Å². The van der Waals surface area contributed by atoms with E-state index in [4.69, 9.17) is 14.6 Å². The van der Waals surface area contributed by atoms with E-state index in [-0.39, 0.29) is 36.8 Å². The summed E-state index contributed by atoms with van der Waals surface area (Å²) in [5.74, 6) is 1.62.